The van der Waals surface area contributed by atoms with Gasteiger partial charge in [-0.3, -0.25) is 17.3 Å². The summed E-state index contributed by atoms with van der Waals surface area (Å²) in [6.45, 7) is 2.10. The normalized spacial score (nSPS) is 28.3. The van der Waals surface area contributed by atoms with Gasteiger partial charge < -0.3 is 5.32 Å². The van der Waals surface area contributed by atoms with Crippen molar-refractivity contribution < 1.29 is 0 Å². The molecule has 1 aliphatic rings. The maximum Gasteiger partial charge on any atom is 0.146 e. The minimum Gasteiger partial charge on any atom is -0.311 e. The van der Waals surface area contributed by atoms with E-state index in [0.29, 0.717) is 13.1 Å². The van der Waals surface area contributed by atoms with Gasteiger partial charge in [0, 0.05) is 19.6 Å². The van der Waals surface area contributed by atoms with Crippen molar-refractivity contribution in [3.05, 3.63) is 0 Å². The summed E-state index contributed by atoms with van der Waals surface area (Å²) >= 11 is 0. The van der Waals surface area contributed by atoms with Gasteiger partial charge in [-0.2, -0.15) is 0 Å². The molecule has 9 heavy (non-hydrogen) atoms. The van der Waals surface area contributed by atoms with Crippen LogP contribution in [0.4, 0.5) is 0 Å². The van der Waals surface area contributed by atoms with Crippen LogP contribution in [0.15, 0.2) is 0 Å². The second-order valence-electron chi connectivity index (χ2n) is 2.36. The van der Waals surface area contributed by atoms with E-state index in [1.807, 2.05) is 0 Å². The molecule has 0 bridgehead atoms. The summed E-state index contributed by atoms with van der Waals surface area (Å²) in [5.41, 5.74) is 11.1. The van der Waals surface area contributed by atoms with E-state index in [0.717, 1.165) is 6.54 Å². The SMILES string of the molecule is NN1CCNCC1(N)N. The minimum atomic E-state index is -0.863. The monoisotopic (exact) mass is 131 g/mol. The van der Waals surface area contributed by atoms with E-state index in [4.69, 9.17) is 17.3 Å². The Morgan fingerprint density at radius 1 is 1.44 bits per heavy atom. The molecule has 5 nitrogen and oxygen atoms in total. The average Bonchev–Trinajstić information content (AvgIpc) is 1.77. The van der Waals surface area contributed by atoms with E-state index in [1.165, 1.54) is 5.01 Å². The van der Waals surface area contributed by atoms with Gasteiger partial charge in [0.1, 0.15) is 5.79 Å². The first kappa shape index (κ1) is 6.91. The highest BCUT2D eigenvalue weighted by Gasteiger charge is 2.27. The summed E-state index contributed by atoms with van der Waals surface area (Å²) < 4.78 is 0. The molecule has 0 aromatic rings. The maximum atomic E-state index is 5.54. The van der Waals surface area contributed by atoms with Crippen molar-refractivity contribution in [1.29, 1.82) is 0 Å². The predicted octanol–water partition coefficient (Wildman–Crippen LogP) is -2.66. The third kappa shape index (κ3) is 1.38. The summed E-state index contributed by atoms with van der Waals surface area (Å²) in [6.07, 6.45) is 0. The van der Waals surface area contributed by atoms with E-state index in [1.54, 1.807) is 0 Å². The molecule has 0 aliphatic carbocycles. The van der Waals surface area contributed by atoms with Crippen molar-refractivity contribution in [3.63, 3.8) is 0 Å². The molecule has 0 spiro atoms. The maximum absolute atomic E-state index is 5.54. The fraction of sp³-hybridized carbons (Fsp3) is 1.00. The van der Waals surface area contributed by atoms with E-state index in [2.05, 4.69) is 5.32 Å². The molecule has 0 amide bonds. The van der Waals surface area contributed by atoms with Crippen molar-refractivity contribution in [2.75, 3.05) is 19.6 Å². The lowest BCUT2D eigenvalue weighted by atomic mass is 10.3. The molecule has 0 unspecified atom stereocenters. The topological polar surface area (TPSA) is 93.3 Å². The quantitative estimate of drug-likeness (QED) is 0.213. The van der Waals surface area contributed by atoms with Crippen LogP contribution in [0.3, 0.4) is 0 Å². The molecule has 1 aliphatic heterocycles. The second kappa shape index (κ2) is 2.20. The fourth-order valence-corrected chi connectivity index (χ4v) is 0.798. The number of hydrogen-bond acceptors (Lipinski definition) is 5. The minimum absolute atomic E-state index is 0.545. The van der Waals surface area contributed by atoms with Gasteiger partial charge in [-0.05, 0) is 0 Å². The number of hydrogen-bond donors (Lipinski definition) is 4. The number of nitrogens with two attached hydrogens (primary N) is 3. The first-order valence-electron chi connectivity index (χ1n) is 2.94. The van der Waals surface area contributed by atoms with E-state index in [9.17, 15) is 0 Å². The van der Waals surface area contributed by atoms with E-state index < -0.39 is 5.79 Å². The van der Waals surface area contributed by atoms with Crippen LogP contribution in [0, 0.1) is 0 Å². The average molecular weight is 131 g/mol. The van der Waals surface area contributed by atoms with Gasteiger partial charge in [-0.25, -0.2) is 5.01 Å². The zero-order valence-corrected chi connectivity index (χ0v) is 5.30. The molecule has 1 fully saturated rings. The Bertz CT molecular complexity index is 101. The summed E-state index contributed by atoms with van der Waals surface area (Å²) in [5, 5.41) is 4.48. The van der Waals surface area contributed by atoms with Crippen molar-refractivity contribution in [2.24, 2.45) is 17.3 Å². The Hall–Kier alpha value is -0.200. The van der Waals surface area contributed by atoms with Gasteiger partial charge in [0.2, 0.25) is 0 Å². The van der Waals surface area contributed by atoms with Crippen molar-refractivity contribution in [1.82, 2.24) is 10.3 Å². The second-order valence-corrected chi connectivity index (χ2v) is 2.36. The van der Waals surface area contributed by atoms with Crippen molar-refractivity contribution in [2.45, 2.75) is 5.79 Å². The van der Waals surface area contributed by atoms with Crippen molar-refractivity contribution >= 4 is 0 Å². The lowest BCUT2D eigenvalue weighted by Crippen LogP contribution is -2.74. The number of nitrogens with one attached hydrogen (secondary N) is 1. The Morgan fingerprint density at radius 2 is 2.11 bits per heavy atom. The smallest absolute Gasteiger partial charge is 0.146 e. The van der Waals surface area contributed by atoms with E-state index in [-0.39, 0.29) is 0 Å². The summed E-state index contributed by atoms with van der Waals surface area (Å²) in [4.78, 5) is 0. The third-order valence-electron chi connectivity index (χ3n) is 1.47. The lowest BCUT2D eigenvalue weighted by Gasteiger charge is -2.38. The molecule has 0 radical (unpaired) electrons. The van der Waals surface area contributed by atoms with Gasteiger partial charge >= 0.3 is 0 Å². The van der Waals surface area contributed by atoms with E-state index >= 15 is 0 Å². The molecule has 1 heterocycles. The molecule has 1 saturated heterocycles. The Morgan fingerprint density at radius 3 is 2.44 bits per heavy atom. The zero-order valence-electron chi connectivity index (χ0n) is 5.30. The third-order valence-corrected chi connectivity index (χ3v) is 1.47. The number of nitrogens with zero attached hydrogens (tertiary/aromatic N) is 1. The number of rotatable bonds is 0. The Kier molecular flexibility index (Phi) is 1.69. The molecule has 1 rings (SSSR count). The number of piperazine rings is 1. The van der Waals surface area contributed by atoms with Crippen LogP contribution in [0.1, 0.15) is 0 Å². The van der Waals surface area contributed by atoms with Crippen LogP contribution in [0.2, 0.25) is 0 Å². The highest BCUT2D eigenvalue weighted by molar-refractivity contribution is 4.81. The van der Waals surface area contributed by atoms with Gasteiger partial charge in [0.25, 0.3) is 0 Å². The molecule has 7 N–H and O–H groups in total. The Labute approximate surface area is 54.1 Å². The first-order chi connectivity index (χ1) is 4.13. The molecule has 0 atom stereocenters. The van der Waals surface area contributed by atoms with Crippen LogP contribution in [0.5, 0.6) is 0 Å². The molecular formula is C4H13N5. The van der Waals surface area contributed by atoms with Crippen LogP contribution in [-0.4, -0.2) is 30.4 Å². The number of hydrazine groups is 1. The molecule has 5 heteroatoms. The fourth-order valence-electron chi connectivity index (χ4n) is 0.798. The van der Waals surface area contributed by atoms with Gasteiger partial charge in [-0.15, -0.1) is 0 Å². The molecule has 54 valence electrons. The molecule has 0 saturated carbocycles. The standard InChI is InChI=1S/C4H13N5/c5-4(6)3-8-1-2-9(4)7/h8H,1-3,5-7H2. The summed E-state index contributed by atoms with van der Waals surface area (Å²) in [6, 6.07) is 0. The van der Waals surface area contributed by atoms with Gasteiger partial charge in [0.05, 0.1) is 0 Å². The van der Waals surface area contributed by atoms with Gasteiger partial charge in [-0.1, -0.05) is 0 Å². The van der Waals surface area contributed by atoms with Crippen LogP contribution in [-0.2, 0) is 0 Å². The largest absolute Gasteiger partial charge is 0.311 e. The Balaban J connectivity index is 2.49. The lowest BCUT2D eigenvalue weighted by molar-refractivity contribution is 0.0702. The highest BCUT2D eigenvalue weighted by atomic mass is 15.5. The molecule has 0 aromatic carbocycles. The predicted molar refractivity (Wildman–Crippen MR) is 34.9 cm³/mol. The van der Waals surface area contributed by atoms with Crippen LogP contribution in [0.25, 0.3) is 0 Å². The van der Waals surface area contributed by atoms with Gasteiger partial charge in [0.15, 0.2) is 0 Å². The van der Waals surface area contributed by atoms with Crippen molar-refractivity contribution in [3.8, 4) is 0 Å². The summed E-state index contributed by atoms with van der Waals surface area (Å²) in [5.74, 6) is 4.59. The highest BCUT2D eigenvalue weighted by Crippen LogP contribution is 1.96. The zero-order chi connectivity index (χ0) is 6.91. The van der Waals surface area contributed by atoms with Crippen LogP contribution < -0.4 is 22.6 Å². The summed E-state index contributed by atoms with van der Waals surface area (Å²) in [7, 11) is 0. The molecule has 0 aromatic heterocycles. The van der Waals surface area contributed by atoms with Crippen LogP contribution >= 0.6 is 0 Å². The first-order valence-corrected chi connectivity index (χ1v) is 2.94. The molecular weight excluding hydrogens is 118 g/mol.